The van der Waals surface area contributed by atoms with E-state index in [1.807, 2.05) is 18.2 Å². The van der Waals surface area contributed by atoms with Crippen molar-refractivity contribution >= 4 is 15.9 Å². The number of aromatic nitrogens is 1. The minimum absolute atomic E-state index is 0.0525. The molecule has 1 atom stereocenters. The number of hydrogen-bond acceptors (Lipinski definition) is 3. The standard InChI is InChI=1S/C14H15BrFN3/c15-14-8-11(16)5-4-10(14)7-13(19-17)9-12-3-1-2-6-18-12/h1-6,8,13,19H,7,9,17H2. The van der Waals surface area contributed by atoms with E-state index in [4.69, 9.17) is 5.84 Å². The maximum Gasteiger partial charge on any atom is 0.124 e. The van der Waals surface area contributed by atoms with E-state index in [2.05, 4.69) is 26.3 Å². The van der Waals surface area contributed by atoms with Gasteiger partial charge < -0.3 is 0 Å². The Bertz CT molecular complexity index is 533. The van der Waals surface area contributed by atoms with Crippen LogP contribution in [0.1, 0.15) is 11.3 Å². The van der Waals surface area contributed by atoms with Gasteiger partial charge in [0.1, 0.15) is 5.82 Å². The summed E-state index contributed by atoms with van der Waals surface area (Å²) < 4.78 is 13.8. The van der Waals surface area contributed by atoms with Crippen LogP contribution >= 0.6 is 15.9 Å². The van der Waals surface area contributed by atoms with Crippen molar-refractivity contribution in [2.45, 2.75) is 18.9 Å². The number of hydrogen-bond donors (Lipinski definition) is 2. The third-order valence-electron chi connectivity index (χ3n) is 2.90. The molecule has 0 spiro atoms. The van der Waals surface area contributed by atoms with Crippen LogP contribution in [0.2, 0.25) is 0 Å². The van der Waals surface area contributed by atoms with Gasteiger partial charge in [-0.25, -0.2) is 4.39 Å². The highest BCUT2D eigenvalue weighted by atomic mass is 79.9. The largest absolute Gasteiger partial charge is 0.271 e. The zero-order valence-corrected chi connectivity index (χ0v) is 11.9. The van der Waals surface area contributed by atoms with E-state index >= 15 is 0 Å². The first-order valence-corrected chi connectivity index (χ1v) is 6.78. The van der Waals surface area contributed by atoms with E-state index in [1.54, 1.807) is 12.3 Å². The lowest BCUT2D eigenvalue weighted by atomic mass is 10.0. The van der Waals surface area contributed by atoms with Gasteiger partial charge in [-0.1, -0.05) is 28.1 Å². The minimum Gasteiger partial charge on any atom is -0.271 e. The van der Waals surface area contributed by atoms with Crippen molar-refractivity contribution < 1.29 is 4.39 Å². The highest BCUT2D eigenvalue weighted by molar-refractivity contribution is 9.10. The number of nitrogens with two attached hydrogens (primary N) is 1. The van der Waals surface area contributed by atoms with Gasteiger partial charge in [0, 0.05) is 28.8 Å². The van der Waals surface area contributed by atoms with E-state index in [0.717, 1.165) is 22.2 Å². The van der Waals surface area contributed by atoms with Gasteiger partial charge in [-0.15, -0.1) is 0 Å². The fourth-order valence-electron chi connectivity index (χ4n) is 1.91. The van der Waals surface area contributed by atoms with E-state index in [0.29, 0.717) is 6.42 Å². The van der Waals surface area contributed by atoms with Gasteiger partial charge in [0.25, 0.3) is 0 Å². The normalized spacial score (nSPS) is 12.4. The summed E-state index contributed by atoms with van der Waals surface area (Å²) in [4.78, 5) is 4.28. The topological polar surface area (TPSA) is 50.9 Å². The number of halogens is 2. The Morgan fingerprint density at radius 2 is 2.11 bits per heavy atom. The number of rotatable bonds is 5. The molecule has 0 fully saturated rings. The van der Waals surface area contributed by atoms with Crippen LogP contribution in [-0.2, 0) is 12.8 Å². The van der Waals surface area contributed by atoms with E-state index in [1.165, 1.54) is 12.1 Å². The second-order valence-electron chi connectivity index (χ2n) is 4.33. The Hall–Kier alpha value is -1.30. The molecule has 5 heteroatoms. The van der Waals surface area contributed by atoms with Gasteiger partial charge >= 0.3 is 0 Å². The molecule has 0 aliphatic carbocycles. The Labute approximate surface area is 120 Å². The summed E-state index contributed by atoms with van der Waals surface area (Å²) >= 11 is 3.37. The van der Waals surface area contributed by atoms with Crippen LogP contribution in [0.15, 0.2) is 47.1 Å². The van der Waals surface area contributed by atoms with Gasteiger partial charge in [-0.05, 0) is 36.2 Å². The Balaban J connectivity index is 2.06. The van der Waals surface area contributed by atoms with Crippen molar-refractivity contribution in [2.24, 2.45) is 5.84 Å². The van der Waals surface area contributed by atoms with Crippen molar-refractivity contribution in [1.82, 2.24) is 10.4 Å². The predicted molar refractivity (Wildman–Crippen MR) is 76.9 cm³/mol. The summed E-state index contributed by atoms with van der Waals surface area (Å²) in [5.74, 6) is 5.33. The van der Waals surface area contributed by atoms with Crippen molar-refractivity contribution in [1.29, 1.82) is 0 Å². The number of nitrogens with zero attached hydrogens (tertiary/aromatic N) is 1. The quantitative estimate of drug-likeness (QED) is 0.657. The zero-order valence-electron chi connectivity index (χ0n) is 10.3. The fourth-order valence-corrected chi connectivity index (χ4v) is 2.43. The summed E-state index contributed by atoms with van der Waals surface area (Å²) in [7, 11) is 0. The summed E-state index contributed by atoms with van der Waals surface area (Å²) in [5.41, 5.74) is 4.78. The first-order chi connectivity index (χ1) is 9.19. The molecule has 100 valence electrons. The van der Waals surface area contributed by atoms with Gasteiger partial charge in [0.05, 0.1) is 0 Å². The van der Waals surface area contributed by atoms with Crippen molar-refractivity contribution in [3.8, 4) is 0 Å². The van der Waals surface area contributed by atoms with Crippen molar-refractivity contribution in [3.63, 3.8) is 0 Å². The molecule has 0 aliphatic rings. The molecular formula is C14H15BrFN3. The smallest absolute Gasteiger partial charge is 0.124 e. The molecule has 0 saturated carbocycles. The van der Waals surface area contributed by atoms with Crippen LogP contribution in [0.3, 0.4) is 0 Å². The van der Waals surface area contributed by atoms with Crippen LogP contribution in [-0.4, -0.2) is 11.0 Å². The number of benzene rings is 1. The van der Waals surface area contributed by atoms with E-state index < -0.39 is 0 Å². The number of hydrazine groups is 1. The van der Waals surface area contributed by atoms with Crippen LogP contribution < -0.4 is 11.3 Å². The molecule has 1 aromatic heterocycles. The molecule has 1 heterocycles. The maximum atomic E-state index is 13.0. The molecule has 3 nitrogen and oxygen atoms in total. The van der Waals surface area contributed by atoms with Crippen LogP contribution in [0.4, 0.5) is 4.39 Å². The Kier molecular flexibility index (Phi) is 5.01. The Morgan fingerprint density at radius 3 is 2.74 bits per heavy atom. The predicted octanol–water partition coefficient (Wildman–Crippen LogP) is 2.60. The average Bonchev–Trinajstić information content (AvgIpc) is 2.42. The lowest BCUT2D eigenvalue weighted by molar-refractivity contribution is 0.516. The molecule has 0 aliphatic heterocycles. The summed E-state index contributed by atoms with van der Waals surface area (Å²) in [6.45, 7) is 0. The molecule has 3 N–H and O–H groups in total. The highest BCUT2D eigenvalue weighted by Gasteiger charge is 2.12. The molecular weight excluding hydrogens is 309 g/mol. The first-order valence-electron chi connectivity index (χ1n) is 5.99. The molecule has 2 aromatic rings. The van der Waals surface area contributed by atoms with E-state index in [9.17, 15) is 4.39 Å². The molecule has 1 unspecified atom stereocenters. The summed E-state index contributed by atoms with van der Waals surface area (Å²) in [6.07, 6.45) is 3.19. The molecule has 0 radical (unpaired) electrons. The summed E-state index contributed by atoms with van der Waals surface area (Å²) in [6, 6.07) is 10.5. The molecule has 1 aromatic carbocycles. The summed E-state index contributed by atoms with van der Waals surface area (Å²) in [5, 5.41) is 0. The third kappa shape index (κ3) is 4.09. The molecule has 0 bridgehead atoms. The first kappa shape index (κ1) is 14.1. The SMILES string of the molecule is NNC(Cc1ccccn1)Cc1ccc(F)cc1Br. The van der Waals surface area contributed by atoms with Gasteiger partial charge in [-0.3, -0.25) is 16.3 Å². The zero-order chi connectivity index (χ0) is 13.7. The van der Waals surface area contributed by atoms with Crippen LogP contribution in [0, 0.1) is 5.82 Å². The number of nitrogens with one attached hydrogen (secondary N) is 1. The van der Waals surface area contributed by atoms with Crippen LogP contribution in [0.25, 0.3) is 0 Å². The lowest BCUT2D eigenvalue weighted by Crippen LogP contribution is -2.38. The molecule has 0 saturated heterocycles. The number of pyridine rings is 1. The molecule has 19 heavy (non-hydrogen) atoms. The highest BCUT2D eigenvalue weighted by Crippen LogP contribution is 2.20. The Morgan fingerprint density at radius 1 is 1.26 bits per heavy atom. The minimum atomic E-state index is -0.252. The van der Waals surface area contributed by atoms with Gasteiger partial charge in [0.2, 0.25) is 0 Å². The second kappa shape index (κ2) is 6.75. The molecule has 2 rings (SSSR count). The van der Waals surface area contributed by atoms with Gasteiger partial charge in [0.15, 0.2) is 0 Å². The fraction of sp³-hybridized carbons (Fsp3) is 0.214. The van der Waals surface area contributed by atoms with Gasteiger partial charge in [-0.2, -0.15) is 0 Å². The van der Waals surface area contributed by atoms with Crippen molar-refractivity contribution in [2.75, 3.05) is 0 Å². The average molecular weight is 324 g/mol. The molecule has 0 amide bonds. The lowest BCUT2D eigenvalue weighted by Gasteiger charge is -2.16. The van der Waals surface area contributed by atoms with E-state index in [-0.39, 0.29) is 11.9 Å². The van der Waals surface area contributed by atoms with Crippen molar-refractivity contribution in [3.05, 3.63) is 64.1 Å². The van der Waals surface area contributed by atoms with Crippen LogP contribution in [0.5, 0.6) is 0 Å². The second-order valence-corrected chi connectivity index (χ2v) is 5.18. The third-order valence-corrected chi connectivity index (χ3v) is 3.64. The maximum absolute atomic E-state index is 13.0. The monoisotopic (exact) mass is 323 g/mol.